The molecule has 6 heteroatoms. The second kappa shape index (κ2) is 7.21. The second-order valence-corrected chi connectivity index (χ2v) is 6.76. The van der Waals surface area contributed by atoms with Crippen LogP contribution in [-0.2, 0) is 14.3 Å². The van der Waals surface area contributed by atoms with Crippen molar-refractivity contribution in [2.75, 3.05) is 32.8 Å². The summed E-state index contributed by atoms with van der Waals surface area (Å²) in [4.78, 5) is 28.2. The molecule has 24 heavy (non-hydrogen) atoms. The fourth-order valence-corrected chi connectivity index (χ4v) is 3.25. The van der Waals surface area contributed by atoms with E-state index in [4.69, 9.17) is 9.47 Å². The molecule has 2 saturated heterocycles. The number of para-hydroxylation sites is 1. The van der Waals surface area contributed by atoms with Crippen LogP contribution >= 0.6 is 0 Å². The maximum atomic E-state index is 12.4. The largest absolute Gasteiger partial charge is 0.484 e. The third kappa shape index (κ3) is 3.70. The van der Waals surface area contributed by atoms with Crippen LogP contribution in [0.1, 0.15) is 13.8 Å². The first-order valence-corrected chi connectivity index (χ1v) is 8.41. The Morgan fingerprint density at radius 3 is 2.75 bits per heavy atom. The average Bonchev–Trinajstić information content (AvgIpc) is 3.00. The van der Waals surface area contributed by atoms with Crippen LogP contribution in [0.3, 0.4) is 0 Å². The van der Waals surface area contributed by atoms with Gasteiger partial charge in [-0.05, 0) is 18.1 Å². The van der Waals surface area contributed by atoms with Crippen LogP contribution in [0.25, 0.3) is 0 Å². The first-order chi connectivity index (χ1) is 11.5. The average molecular weight is 332 g/mol. The summed E-state index contributed by atoms with van der Waals surface area (Å²) in [5, 5.41) is 0. The van der Waals surface area contributed by atoms with Gasteiger partial charge in [-0.3, -0.25) is 9.59 Å². The lowest BCUT2D eigenvalue weighted by molar-refractivity contribution is -0.153. The summed E-state index contributed by atoms with van der Waals surface area (Å²) in [6, 6.07) is 9.24. The number of carbonyl (C=O) groups is 2. The summed E-state index contributed by atoms with van der Waals surface area (Å²) in [6.45, 7) is 6.01. The molecule has 0 aliphatic carbocycles. The number of ether oxygens (including phenoxy) is 2. The third-order valence-electron chi connectivity index (χ3n) is 4.40. The Morgan fingerprint density at radius 1 is 1.29 bits per heavy atom. The van der Waals surface area contributed by atoms with E-state index >= 15 is 0 Å². The molecule has 2 aliphatic heterocycles. The lowest BCUT2D eigenvalue weighted by atomic mass is 10.1. The number of carbonyl (C=O) groups excluding carboxylic acids is 2. The molecule has 0 aromatic heterocycles. The van der Waals surface area contributed by atoms with Crippen LogP contribution in [0.2, 0.25) is 0 Å². The van der Waals surface area contributed by atoms with E-state index in [1.54, 1.807) is 4.90 Å². The second-order valence-electron chi connectivity index (χ2n) is 6.76. The van der Waals surface area contributed by atoms with Crippen LogP contribution in [0.5, 0.6) is 5.75 Å². The number of likely N-dealkylation sites (tertiary alicyclic amines) is 1. The van der Waals surface area contributed by atoms with Gasteiger partial charge in [0.05, 0.1) is 12.1 Å². The fourth-order valence-electron chi connectivity index (χ4n) is 3.25. The highest BCUT2D eigenvalue weighted by Gasteiger charge is 2.44. The minimum Gasteiger partial charge on any atom is -0.484 e. The first-order valence-electron chi connectivity index (χ1n) is 8.41. The molecule has 1 aromatic rings. The minimum absolute atomic E-state index is 0.00157. The van der Waals surface area contributed by atoms with Crippen LogP contribution in [0.15, 0.2) is 30.3 Å². The monoisotopic (exact) mass is 332 g/mol. The van der Waals surface area contributed by atoms with Crippen LogP contribution < -0.4 is 4.74 Å². The van der Waals surface area contributed by atoms with Crippen molar-refractivity contribution >= 4 is 11.8 Å². The Morgan fingerprint density at radius 2 is 2.04 bits per heavy atom. The Bertz CT molecular complexity index is 590. The molecule has 2 heterocycles. The van der Waals surface area contributed by atoms with E-state index in [0.717, 1.165) is 0 Å². The maximum Gasteiger partial charge on any atom is 0.260 e. The summed E-state index contributed by atoms with van der Waals surface area (Å²) < 4.78 is 11.2. The van der Waals surface area contributed by atoms with Crippen molar-refractivity contribution in [2.24, 2.45) is 5.92 Å². The van der Waals surface area contributed by atoms with Crippen molar-refractivity contribution in [3.8, 4) is 5.75 Å². The Balaban J connectivity index is 1.59. The number of rotatable bonds is 5. The summed E-state index contributed by atoms with van der Waals surface area (Å²) >= 11 is 0. The molecule has 3 rings (SSSR count). The van der Waals surface area contributed by atoms with E-state index in [-0.39, 0.29) is 37.2 Å². The van der Waals surface area contributed by atoms with Crippen molar-refractivity contribution in [1.82, 2.24) is 9.80 Å². The number of hydrogen-bond acceptors (Lipinski definition) is 4. The van der Waals surface area contributed by atoms with E-state index in [0.29, 0.717) is 31.3 Å². The highest BCUT2D eigenvalue weighted by atomic mass is 16.5. The molecule has 1 aromatic carbocycles. The summed E-state index contributed by atoms with van der Waals surface area (Å²) in [7, 11) is 0. The van der Waals surface area contributed by atoms with Gasteiger partial charge in [-0.1, -0.05) is 32.0 Å². The number of morpholine rings is 1. The predicted molar refractivity (Wildman–Crippen MR) is 88.6 cm³/mol. The van der Waals surface area contributed by atoms with Crippen LogP contribution in [0, 0.1) is 5.92 Å². The highest BCUT2D eigenvalue weighted by molar-refractivity contribution is 5.80. The number of hydrogen-bond donors (Lipinski definition) is 0. The van der Waals surface area contributed by atoms with Gasteiger partial charge in [0.1, 0.15) is 12.4 Å². The topological polar surface area (TPSA) is 59.1 Å². The molecule has 0 saturated carbocycles. The van der Waals surface area contributed by atoms with Crippen molar-refractivity contribution in [3.63, 3.8) is 0 Å². The zero-order valence-corrected chi connectivity index (χ0v) is 14.2. The van der Waals surface area contributed by atoms with E-state index in [1.807, 2.05) is 35.2 Å². The molecular formula is C18H24N2O4. The lowest BCUT2D eigenvalue weighted by Crippen LogP contribution is -2.55. The predicted octanol–water partition coefficient (Wildman–Crippen LogP) is 1.16. The van der Waals surface area contributed by atoms with Crippen molar-refractivity contribution in [3.05, 3.63) is 30.3 Å². The van der Waals surface area contributed by atoms with Crippen molar-refractivity contribution in [2.45, 2.75) is 26.0 Å². The molecule has 0 bridgehead atoms. The summed E-state index contributed by atoms with van der Waals surface area (Å²) in [5.74, 6) is 1.00. The molecule has 6 nitrogen and oxygen atoms in total. The van der Waals surface area contributed by atoms with Crippen LogP contribution in [-0.4, -0.2) is 66.6 Å². The third-order valence-corrected chi connectivity index (χ3v) is 4.40. The number of fused-ring (bicyclic) bond motifs is 1. The van der Waals surface area contributed by atoms with E-state index in [9.17, 15) is 9.59 Å². The lowest BCUT2D eigenvalue weighted by Gasteiger charge is -2.37. The van der Waals surface area contributed by atoms with Gasteiger partial charge in [0, 0.05) is 19.6 Å². The maximum absolute atomic E-state index is 12.4. The number of benzene rings is 1. The summed E-state index contributed by atoms with van der Waals surface area (Å²) in [5.41, 5.74) is 0. The van der Waals surface area contributed by atoms with E-state index in [1.165, 1.54) is 0 Å². The SMILES string of the molecule is CC(C)CN1C(=O)CO[C@H]2CN(C(=O)COc3ccccc3)C[C@@H]21. The van der Waals surface area contributed by atoms with Gasteiger partial charge in [0.15, 0.2) is 6.61 Å². The standard InChI is InChI=1S/C18H24N2O4/c1-13(2)8-20-15-9-19(10-16(15)24-12-18(20)22)17(21)11-23-14-6-4-3-5-7-14/h3-7,13,15-16H,8-12H2,1-2H3/t15-,16-/m0/s1. The van der Waals surface area contributed by atoms with Crippen molar-refractivity contribution in [1.29, 1.82) is 0 Å². The zero-order valence-electron chi connectivity index (χ0n) is 14.2. The molecule has 0 spiro atoms. The fraction of sp³-hybridized carbons (Fsp3) is 0.556. The first kappa shape index (κ1) is 16.8. The number of amides is 2. The minimum atomic E-state index is -0.0953. The molecule has 2 aliphatic rings. The molecule has 0 radical (unpaired) electrons. The van der Waals surface area contributed by atoms with Crippen LogP contribution in [0.4, 0.5) is 0 Å². The Hall–Kier alpha value is -2.08. The molecule has 130 valence electrons. The zero-order chi connectivity index (χ0) is 17.1. The highest BCUT2D eigenvalue weighted by Crippen LogP contribution is 2.24. The molecular weight excluding hydrogens is 308 g/mol. The van der Waals surface area contributed by atoms with Gasteiger partial charge in [0.2, 0.25) is 5.91 Å². The van der Waals surface area contributed by atoms with E-state index in [2.05, 4.69) is 13.8 Å². The quantitative estimate of drug-likeness (QED) is 0.812. The number of nitrogens with zero attached hydrogens (tertiary/aromatic N) is 2. The molecule has 0 unspecified atom stereocenters. The van der Waals surface area contributed by atoms with Gasteiger partial charge in [0.25, 0.3) is 5.91 Å². The van der Waals surface area contributed by atoms with E-state index < -0.39 is 0 Å². The molecule has 2 atom stereocenters. The normalized spacial score (nSPS) is 23.5. The van der Waals surface area contributed by atoms with Crippen molar-refractivity contribution < 1.29 is 19.1 Å². The Kier molecular flexibility index (Phi) is 5.04. The molecule has 0 N–H and O–H groups in total. The smallest absolute Gasteiger partial charge is 0.260 e. The Labute approximate surface area is 142 Å². The van der Waals surface area contributed by atoms with Gasteiger partial charge < -0.3 is 19.3 Å². The van der Waals surface area contributed by atoms with Gasteiger partial charge in [-0.2, -0.15) is 0 Å². The molecule has 2 fully saturated rings. The van der Waals surface area contributed by atoms with Gasteiger partial charge in [-0.15, -0.1) is 0 Å². The molecule has 2 amide bonds. The van der Waals surface area contributed by atoms with Gasteiger partial charge in [-0.25, -0.2) is 0 Å². The van der Waals surface area contributed by atoms with Gasteiger partial charge >= 0.3 is 0 Å². The summed E-state index contributed by atoms with van der Waals surface area (Å²) in [6.07, 6.45) is -0.0953.